The number of hydrogen-bond acceptors (Lipinski definition) is 8. The lowest BCUT2D eigenvalue weighted by atomic mass is 9.84. The van der Waals surface area contributed by atoms with Gasteiger partial charge in [0.2, 0.25) is 5.56 Å². The van der Waals surface area contributed by atoms with Gasteiger partial charge in [-0.15, -0.1) is 16.4 Å². The molecule has 4 heterocycles. The second-order valence-corrected chi connectivity index (χ2v) is 12.8. The standard InChI is InChI=1S/C33H38N6O4S/c1-5-24-18-38(19-27-29(43-24)8-9-30(40)34-27)17-23-15-22(14-21-10-13-44-33(21)23)26(16-31(41)42)25-6-7-28-32(20(25)2)35-36-39(28)12-11-37(3)4/h6-10,13-15,24,26H,5,11-12,16-19H2,1-4H3,(H,34,40)(H,41,42)/t24-,26?/m1/s1. The predicted octanol–water partition coefficient (Wildman–Crippen LogP) is 4.98. The van der Waals surface area contributed by atoms with Gasteiger partial charge in [0, 0.05) is 42.9 Å². The third kappa shape index (κ3) is 6.12. The summed E-state index contributed by atoms with van der Waals surface area (Å²) in [4.78, 5) is 31.8. The van der Waals surface area contributed by atoms with E-state index >= 15 is 0 Å². The van der Waals surface area contributed by atoms with E-state index in [1.165, 1.54) is 10.8 Å². The Balaban J connectivity index is 1.39. The molecule has 0 amide bonds. The molecule has 10 nitrogen and oxygen atoms in total. The lowest BCUT2D eigenvalue weighted by Crippen LogP contribution is -2.32. The van der Waals surface area contributed by atoms with Crippen molar-refractivity contribution < 1.29 is 14.6 Å². The Morgan fingerprint density at radius 3 is 2.84 bits per heavy atom. The number of hydrogen-bond donors (Lipinski definition) is 2. The van der Waals surface area contributed by atoms with Gasteiger partial charge >= 0.3 is 5.97 Å². The number of benzene rings is 2. The molecule has 0 fully saturated rings. The van der Waals surface area contributed by atoms with E-state index < -0.39 is 5.97 Å². The van der Waals surface area contributed by atoms with E-state index in [-0.39, 0.29) is 24.0 Å². The Morgan fingerprint density at radius 2 is 2.07 bits per heavy atom. The summed E-state index contributed by atoms with van der Waals surface area (Å²) >= 11 is 1.69. The summed E-state index contributed by atoms with van der Waals surface area (Å²) in [5, 5.41) is 22.1. The molecule has 6 rings (SSSR count). The predicted molar refractivity (Wildman–Crippen MR) is 173 cm³/mol. The van der Waals surface area contributed by atoms with Crippen LogP contribution in [0.1, 0.15) is 53.6 Å². The number of ether oxygens (including phenoxy) is 1. The second-order valence-electron chi connectivity index (χ2n) is 11.9. The lowest BCUT2D eigenvalue weighted by molar-refractivity contribution is -0.137. The number of aryl methyl sites for hydroxylation is 1. The molecular formula is C33H38N6O4S. The number of nitrogens with one attached hydrogen (secondary N) is 1. The number of aromatic amines is 1. The first-order chi connectivity index (χ1) is 21.2. The number of thiophene rings is 1. The highest BCUT2D eigenvalue weighted by atomic mass is 32.1. The summed E-state index contributed by atoms with van der Waals surface area (Å²) in [6.07, 6.45) is 0.788. The molecule has 1 aliphatic rings. The van der Waals surface area contributed by atoms with Crippen molar-refractivity contribution >= 4 is 38.4 Å². The van der Waals surface area contributed by atoms with Crippen molar-refractivity contribution in [3.05, 3.63) is 86.1 Å². The molecule has 44 heavy (non-hydrogen) atoms. The van der Waals surface area contributed by atoms with Crippen LogP contribution in [0.2, 0.25) is 0 Å². The smallest absolute Gasteiger partial charge is 0.304 e. The number of pyridine rings is 1. The largest absolute Gasteiger partial charge is 0.487 e. The Morgan fingerprint density at radius 1 is 1.23 bits per heavy atom. The van der Waals surface area contributed by atoms with Gasteiger partial charge in [0.15, 0.2) is 0 Å². The normalized spacial score (nSPS) is 16.2. The van der Waals surface area contributed by atoms with Gasteiger partial charge in [-0.1, -0.05) is 24.3 Å². The molecule has 0 aliphatic carbocycles. The molecule has 2 N–H and O–H groups in total. The summed E-state index contributed by atoms with van der Waals surface area (Å²) < 4.78 is 9.34. The van der Waals surface area contributed by atoms with Crippen LogP contribution in [0, 0.1) is 6.92 Å². The summed E-state index contributed by atoms with van der Waals surface area (Å²) in [5.41, 5.74) is 6.37. The highest BCUT2D eigenvalue weighted by molar-refractivity contribution is 7.17. The van der Waals surface area contributed by atoms with E-state index in [2.05, 4.69) is 55.6 Å². The zero-order chi connectivity index (χ0) is 31.0. The van der Waals surface area contributed by atoms with E-state index in [1.807, 2.05) is 37.8 Å². The van der Waals surface area contributed by atoms with Crippen LogP contribution in [0.15, 0.2) is 52.6 Å². The van der Waals surface area contributed by atoms with Crippen LogP contribution in [0.25, 0.3) is 21.1 Å². The first kappa shape index (κ1) is 30.0. The SMILES string of the molecule is CC[C@@H]1CN(Cc2cc(C(CC(=O)O)c3ccc4c(nnn4CCN(C)C)c3C)cc3ccsc23)Cc2[nH]c(=O)ccc2O1. The zero-order valence-corrected chi connectivity index (χ0v) is 26.4. The number of carboxylic acids is 1. The number of aromatic nitrogens is 4. The number of aliphatic carboxylic acids is 1. The van der Waals surface area contributed by atoms with Gasteiger partial charge in [0.05, 0.1) is 24.2 Å². The molecule has 3 aromatic heterocycles. The summed E-state index contributed by atoms with van der Waals surface area (Å²) in [7, 11) is 4.06. The number of likely N-dealkylation sites (N-methyl/N-ethyl adjacent to an activating group) is 1. The maximum absolute atomic E-state index is 12.3. The molecular weight excluding hydrogens is 576 g/mol. The molecule has 0 spiro atoms. The van der Waals surface area contributed by atoms with Crippen molar-refractivity contribution in [3.8, 4) is 5.75 Å². The number of rotatable bonds is 10. The third-order valence-corrected chi connectivity index (χ3v) is 9.50. The van der Waals surface area contributed by atoms with Gasteiger partial charge in [-0.05, 0) is 84.7 Å². The second kappa shape index (κ2) is 12.5. The highest BCUT2D eigenvalue weighted by Crippen LogP contribution is 2.38. The molecule has 2 aromatic carbocycles. The lowest BCUT2D eigenvalue weighted by Gasteiger charge is -2.25. The Kier molecular flexibility index (Phi) is 8.53. The van der Waals surface area contributed by atoms with Gasteiger partial charge in [-0.3, -0.25) is 14.5 Å². The first-order valence-electron chi connectivity index (χ1n) is 15.0. The molecule has 230 valence electrons. The quantitative estimate of drug-likeness (QED) is 0.226. The first-order valence-corrected chi connectivity index (χ1v) is 15.9. The van der Waals surface area contributed by atoms with Crippen molar-refractivity contribution in [2.24, 2.45) is 0 Å². The topological polar surface area (TPSA) is 117 Å². The molecule has 11 heteroatoms. The van der Waals surface area contributed by atoms with Crippen LogP contribution < -0.4 is 10.3 Å². The van der Waals surface area contributed by atoms with Gasteiger partial charge in [0.1, 0.15) is 17.4 Å². The minimum absolute atomic E-state index is 0.00978. The monoisotopic (exact) mass is 614 g/mol. The van der Waals surface area contributed by atoms with Crippen LogP contribution in [0.5, 0.6) is 5.75 Å². The van der Waals surface area contributed by atoms with E-state index in [4.69, 9.17) is 4.74 Å². The van der Waals surface area contributed by atoms with Crippen molar-refractivity contribution in [1.29, 1.82) is 0 Å². The Labute approximate surface area is 259 Å². The fraction of sp³-hybridized carbons (Fsp3) is 0.394. The van der Waals surface area contributed by atoms with Crippen molar-refractivity contribution in [2.45, 2.75) is 58.3 Å². The van der Waals surface area contributed by atoms with Gasteiger partial charge in [-0.25, -0.2) is 4.68 Å². The minimum Gasteiger partial charge on any atom is -0.487 e. The van der Waals surface area contributed by atoms with E-state index in [9.17, 15) is 14.7 Å². The Hall–Kier alpha value is -4.06. The molecule has 5 aromatic rings. The van der Waals surface area contributed by atoms with Gasteiger partial charge in [0.25, 0.3) is 0 Å². The fourth-order valence-electron chi connectivity index (χ4n) is 6.20. The van der Waals surface area contributed by atoms with Crippen molar-refractivity contribution in [1.82, 2.24) is 29.8 Å². The van der Waals surface area contributed by atoms with E-state index in [0.29, 0.717) is 19.6 Å². The van der Waals surface area contributed by atoms with Crippen molar-refractivity contribution in [3.63, 3.8) is 0 Å². The third-order valence-electron chi connectivity index (χ3n) is 8.49. The zero-order valence-electron chi connectivity index (χ0n) is 25.5. The average molecular weight is 615 g/mol. The van der Waals surface area contributed by atoms with E-state index in [1.54, 1.807) is 17.4 Å². The van der Waals surface area contributed by atoms with Crippen LogP contribution in [0.3, 0.4) is 0 Å². The summed E-state index contributed by atoms with van der Waals surface area (Å²) in [6, 6.07) is 13.7. The molecule has 0 radical (unpaired) electrons. The van der Waals surface area contributed by atoms with Crippen LogP contribution in [0.4, 0.5) is 0 Å². The van der Waals surface area contributed by atoms with E-state index in [0.717, 1.165) is 69.6 Å². The molecule has 1 aliphatic heterocycles. The number of H-pyrrole nitrogens is 1. The average Bonchev–Trinajstić information content (AvgIpc) is 3.59. The number of carbonyl (C=O) groups is 1. The maximum Gasteiger partial charge on any atom is 0.304 e. The number of carboxylic acid groups (broad SMARTS) is 1. The van der Waals surface area contributed by atoms with Crippen LogP contribution >= 0.6 is 11.3 Å². The number of fused-ring (bicyclic) bond motifs is 3. The molecule has 0 bridgehead atoms. The number of nitrogens with zero attached hydrogens (tertiary/aromatic N) is 5. The molecule has 0 saturated heterocycles. The molecule has 1 unspecified atom stereocenters. The van der Waals surface area contributed by atoms with Crippen molar-refractivity contribution in [2.75, 3.05) is 27.2 Å². The van der Waals surface area contributed by atoms with Gasteiger partial charge < -0.3 is 19.7 Å². The summed E-state index contributed by atoms with van der Waals surface area (Å²) in [5.74, 6) is -0.494. The summed E-state index contributed by atoms with van der Waals surface area (Å²) in [6.45, 7) is 7.58. The maximum atomic E-state index is 12.3. The minimum atomic E-state index is -0.855. The molecule has 0 saturated carbocycles. The van der Waals surface area contributed by atoms with Crippen LogP contribution in [-0.4, -0.2) is 74.1 Å². The highest BCUT2D eigenvalue weighted by Gasteiger charge is 2.26. The van der Waals surface area contributed by atoms with Gasteiger partial charge in [-0.2, -0.15) is 0 Å². The Bertz CT molecular complexity index is 1880. The molecule has 2 atom stereocenters. The fourth-order valence-corrected chi connectivity index (χ4v) is 7.09. The van der Waals surface area contributed by atoms with Crippen LogP contribution in [-0.2, 0) is 24.4 Å².